The third-order valence-electron chi connectivity index (χ3n) is 4.07. The first-order chi connectivity index (χ1) is 10.2. The highest BCUT2D eigenvalue weighted by Crippen LogP contribution is 2.28. The van der Waals surface area contributed by atoms with Gasteiger partial charge in [-0.1, -0.05) is 19.1 Å². The number of nitrogens with zero attached hydrogens (tertiary/aromatic N) is 2. The third-order valence-corrected chi connectivity index (χ3v) is 4.07. The van der Waals surface area contributed by atoms with Crippen LogP contribution in [-0.4, -0.2) is 57.3 Å². The Morgan fingerprint density at radius 1 is 1.19 bits per heavy atom. The zero-order valence-electron chi connectivity index (χ0n) is 13.6. The highest BCUT2D eigenvalue weighted by molar-refractivity contribution is 5.58. The maximum absolute atomic E-state index is 5.47. The minimum absolute atomic E-state index is 0.572. The maximum atomic E-state index is 5.47. The molecule has 21 heavy (non-hydrogen) atoms. The quantitative estimate of drug-likeness (QED) is 0.833. The summed E-state index contributed by atoms with van der Waals surface area (Å²) in [5.74, 6) is 0.976. The van der Waals surface area contributed by atoms with E-state index >= 15 is 0 Å². The maximum Gasteiger partial charge on any atom is 0.142 e. The van der Waals surface area contributed by atoms with Crippen LogP contribution in [0, 0.1) is 0 Å². The molecule has 1 atom stereocenters. The van der Waals surface area contributed by atoms with Crippen LogP contribution in [0.4, 0.5) is 5.69 Å². The molecule has 1 fully saturated rings. The first-order valence-corrected chi connectivity index (χ1v) is 8.08. The molecule has 1 unspecified atom stereocenters. The number of hydrogen-bond acceptors (Lipinski definition) is 4. The van der Waals surface area contributed by atoms with Crippen LogP contribution in [0.5, 0.6) is 5.75 Å². The topological polar surface area (TPSA) is 27.7 Å². The van der Waals surface area contributed by atoms with Gasteiger partial charge in [-0.2, -0.15) is 0 Å². The summed E-state index contributed by atoms with van der Waals surface area (Å²) < 4.78 is 5.47. The SMILES string of the molecule is CCCNC(C)CN1CCN(c2ccccc2OC)CC1. The summed E-state index contributed by atoms with van der Waals surface area (Å²) in [6.45, 7) is 11.1. The highest BCUT2D eigenvalue weighted by Gasteiger charge is 2.20. The van der Waals surface area contributed by atoms with E-state index in [1.54, 1.807) is 7.11 Å². The number of piperazine rings is 1. The van der Waals surface area contributed by atoms with Gasteiger partial charge in [-0.05, 0) is 32.0 Å². The Labute approximate surface area is 129 Å². The lowest BCUT2D eigenvalue weighted by Crippen LogP contribution is -2.50. The second kappa shape index (κ2) is 8.25. The summed E-state index contributed by atoms with van der Waals surface area (Å²) >= 11 is 0. The number of nitrogens with one attached hydrogen (secondary N) is 1. The first-order valence-electron chi connectivity index (χ1n) is 8.08. The number of ether oxygens (including phenoxy) is 1. The number of hydrogen-bond donors (Lipinski definition) is 1. The Balaban J connectivity index is 1.83. The van der Waals surface area contributed by atoms with E-state index in [0.717, 1.165) is 45.0 Å². The van der Waals surface area contributed by atoms with Crippen LogP contribution in [0.25, 0.3) is 0 Å². The van der Waals surface area contributed by atoms with Gasteiger partial charge >= 0.3 is 0 Å². The van der Waals surface area contributed by atoms with Gasteiger partial charge in [0.05, 0.1) is 12.8 Å². The number of methoxy groups -OCH3 is 1. The number of benzene rings is 1. The monoisotopic (exact) mass is 291 g/mol. The average molecular weight is 291 g/mol. The fraction of sp³-hybridized carbons (Fsp3) is 0.647. The summed E-state index contributed by atoms with van der Waals surface area (Å²) in [6, 6.07) is 8.88. The van der Waals surface area contributed by atoms with E-state index in [1.807, 2.05) is 12.1 Å². The summed E-state index contributed by atoms with van der Waals surface area (Å²) in [5, 5.41) is 3.57. The van der Waals surface area contributed by atoms with E-state index < -0.39 is 0 Å². The molecule has 0 radical (unpaired) electrons. The van der Waals surface area contributed by atoms with Crippen molar-refractivity contribution in [2.45, 2.75) is 26.3 Å². The Kier molecular flexibility index (Phi) is 6.33. The van der Waals surface area contributed by atoms with Gasteiger partial charge in [-0.25, -0.2) is 0 Å². The standard InChI is InChI=1S/C17H29N3O/c1-4-9-18-15(2)14-19-10-12-20(13-11-19)16-7-5-6-8-17(16)21-3/h5-8,15,18H,4,9-14H2,1-3H3. The molecule has 4 heteroatoms. The molecule has 1 saturated heterocycles. The van der Waals surface area contributed by atoms with Crippen molar-refractivity contribution in [1.82, 2.24) is 10.2 Å². The van der Waals surface area contributed by atoms with Crippen LogP contribution in [0.3, 0.4) is 0 Å². The smallest absolute Gasteiger partial charge is 0.142 e. The van der Waals surface area contributed by atoms with Gasteiger partial charge in [0, 0.05) is 38.8 Å². The second-order valence-corrected chi connectivity index (χ2v) is 5.81. The lowest BCUT2D eigenvalue weighted by atomic mass is 10.2. The van der Waals surface area contributed by atoms with Crippen molar-refractivity contribution in [3.8, 4) is 5.75 Å². The number of para-hydroxylation sites is 2. The fourth-order valence-corrected chi connectivity index (χ4v) is 2.90. The zero-order chi connectivity index (χ0) is 15.1. The molecule has 0 amide bonds. The molecular weight excluding hydrogens is 262 g/mol. The van der Waals surface area contributed by atoms with Gasteiger partial charge in [0.15, 0.2) is 0 Å². The van der Waals surface area contributed by atoms with Crippen LogP contribution >= 0.6 is 0 Å². The summed E-state index contributed by atoms with van der Waals surface area (Å²) in [7, 11) is 1.75. The van der Waals surface area contributed by atoms with Crippen molar-refractivity contribution < 1.29 is 4.74 Å². The van der Waals surface area contributed by atoms with E-state index in [4.69, 9.17) is 4.74 Å². The molecule has 0 spiro atoms. The van der Waals surface area contributed by atoms with Crippen molar-refractivity contribution in [2.24, 2.45) is 0 Å². The molecule has 118 valence electrons. The van der Waals surface area contributed by atoms with Crippen LogP contribution in [0.2, 0.25) is 0 Å². The molecule has 4 nitrogen and oxygen atoms in total. The molecule has 0 bridgehead atoms. The minimum atomic E-state index is 0.572. The van der Waals surface area contributed by atoms with Crippen molar-refractivity contribution in [3.63, 3.8) is 0 Å². The third kappa shape index (κ3) is 4.61. The van der Waals surface area contributed by atoms with Crippen molar-refractivity contribution in [2.75, 3.05) is 51.3 Å². The van der Waals surface area contributed by atoms with E-state index in [9.17, 15) is 0 Å². The van der Waals surface area contributed by atoms with Crippen molar-refractivity contribution in [3.05, 3.63) is 24.3 Å². The molecule has 0 aliphatic carbocycles. The fourth-order valence-electron chi connectivity index (χ4n) is 2.90. The zero-order valence-corrected chi connectivity index (χ0v) is 13.6. The Morgan fingerprint density at radius 2 is 1.90 bits per heavy atom. The summed E-state index contributed by atoms with van der Waals surface area (Å²) in [5.41, 5.74) is 1.22. The lowest BCUT2D eigenvalue weighted by molar-refractivity contribution is 0.234. The lowest BCUT2D eigenvalue weighted by Gasteiger charge is -2.37. The normalized spacial score (nSPS) is 17.8. The molecular formula is C17H29N3O. The predicted molar refractivity (Wildman–Crippen MR) is 89.4 cm³/mol. The van der Waals surface area contributed by atoms with E-state index in [1.165, 1.54) is 12.1 Å². The van der Waals surface area contributed by atoms with E-state index in [2.05, 4.69) is 41.1 Å². The van der Waals surface area contributed by atoms with E-state index in [0.29, 0.717) is 6.04 Å². The van der Waals surface area contributed by atoms with Gasteiger partial charge in [-0.3, -0.25) is 4.90 Å². The highest BCUT2D eigenvalue weighted by atomic mass is 16.5. The van der Waals surface area contributed by atoms with Gasteiger partial charge in [-0.15, -0.1) is 0 Å². The predicted octanol–water partition coefficient (Wildman–Crippen LogP) is 2.21. The molecule has 1 N–H and O–H groups in total. The van der Waals surface area contributed by atoms with Crippen LogP contribution in [0.1, 0.15) is 20.3 Å². The second-order valence-electron chi connectivity index (χ2n) is 5.81. The van der Waals surface area contributed by atoms with Crippen LogP contribution < -0.4 is 15.0 Å². The van der Waals surface area contributed by atoms with Gasteiger partial charge < -0.3 is 15.0 Å². The Hall–Kier alpha value is -1.26. The molecule has 1 aromatic rings. The molecule has 0 aromatic heterocycles. The summed E-state index contributed by atoms with van der Waals surface area (Å²) in [6.07, 6.45) is 1.20. The molecule has 0 saturated carbocycles. The molecule has 1 aliphatic rings. The largest absolute Gasteiger partial charge is 0.495 e. The molecule has 1 heterocycles. The number of anilines is 1. The van der Waals surface area contributed by atoms with Gasteiger partial charge in [0.1, 0.15) is 5.75 Å². The molecule has 1 aromatic carbocycles. The van der Waals surface area contributed by atoms with E-state index in [-0.39, 0.29) is 0 Å². The number of rotatable bonds is 7. The van der Waals surface area contributed by atoms with Gasteiger partial charge in [0.2, 0.25) is 0 Å². The van der Waals surface area contributed by atoms with Crippen molar-refractivity contribution >= 4 is 5.69 Å². The van der Waals surface area contributed by atoms with Crippen molar-refractivity contribution in [1.29, 1.82) is 0 Å². The van der Waals surface area contributed by atoms with Gasteiger partial charge in [0.25, 0.3) is 0 Å². The molecule has 1 aliphatic heterocycles. The Morgan fingerprint density at radius 3 is 2.57 bits per heavy atom. The Bertz CT molecular complexity index is 416. The molecule has 2 rings (SSSR count). The average Bonchev–Trinajstić information content (AvgIpc) is 2.53. The minimum Gasteiger partial charge on any atom is -0.495 e. The van der Waals surface area contributed by atoms with Crippen LogP contribution in [-0.2, 0) is 0 Å². The summed E-state index contributed by atoms with van der Waals surface area (Å²) in [4.78, 5) is 4.98. The van der Waals surface area contributed by atoms with Crippen LogP contribution in [0.15, 0.2) is 24.3 Å². The first kappa shape index (κ1) is 16.1.